The molecule has 22 heavy (non-hydrogen) atoms. The molecule has 1 saturated heterocycles. The number of carbonyl (C=O) groups is 1. The van der Waals surface area contributed by atoms with E-state index in [2.05, 4.69) is 5.32 Å². The summed E-state index contributed by atoms with van der Waals surface area (Å²) in [5, 5.41) is 2.74. The standard InChI is InChI=1S/C15H20N2O4S/c1-15(2)14(18)16-12-7-6-11(10-13(12)21-15)22(19,20)17-8-4-3-5-9-17/h6-7,10H,3-5,8-9H2,1-2H3,(H,16,18). The number of hydrogen-bond donors (Lipinski definition) is 1. The highest BCUT2D eigenvalue weighted by molar-refractivity contribution is 7.89. The topological polar surface area (TPSA) is 75.7 Å². The lowest BCUT2D eigenvalue weighted by Gasteiger charge is -2.32. The molecule has 0 saturated carbocycles. The lowest BCUT2D eigenvalue weighted by molar-refractivity contribution is -0.129. The Morgan fingerprint density at radius 3 is 2.55 bits per heavy atom. The van der Waals surface area contributed by atoms with E-state index in [1.54, 1.807) is 19.9 Å². The summed E-state index contributed by atoms with van der Waals surface area (Å²) in [7, 11) is -3.51. The van der Waals surface area contributed by atoms with E-state index in [-0.39, 0.29) is 10.8 Å². The number of benzene rings is 1. The quantitative estimate of drug-likeness (QED) is 0.902. The monoisotopic (exact) mass is 324 g/mol. The number of anilines is 1. The second kappa shape index (κ2) is 5.24. The summed E-state index contributed by atoms with van der Waals surface area (Å²) >= 11 is 0. The van der Waals surface area contributed by atoms with Crippen molar-refractivity contribution >= 4 is 21.6 Å². The highest BCUT2D eigenvalue weighted by atomic mass is 32.2. The van der Waals surface area contributed by atoms with Gasteiger partial charge in [-0.25, -0.2) is 8.42 Å². The third-order valence-corrected chi connectivity index (χ3v) is 5.96. The first-order chi connectivity index (χ1) is 10.3. The van der Waals surface area contributed by atoms with Crippen molar-refractivity contribution in [2.24, 2.45) is 0 Å². The second-order valence-corrected chi connectivity index (χ2v) is 8.13. The maximum absolute atomic E-state index is 12.7. The van der Waals surface area contributed by atoms with Crippen LogP contribution in [0, 0.1) is 0 Å². The van der Waals surface area contributed by atoms with Gasteiger partial charge in [0, 0.05) is 19.2 Å². The number of rotatable bonds is 2. The minimum Gasteiger partial charge on any atom is -0.476 e. The summed E-state index contributed by atoms with van der Waals surface area (Å²) in [5.74, 6) is 0.148. The van der Waals surface area contributed by atoms with Gasteiger partial charge in [0.2, 0.25) is 10.0 Å². The molecule has 6 nitrogen and oxygen atoms in total. The van der Waals surface area contributed by atoms with Crippen LogP contribution in [0.5, 0.6) is 5.75 Å². The van der Waals surface area contributed by atoms with Gasteiger partial charge >= 0.3 is 0 Å². The Hall–Kier alpha value is -1.60. The minimum absolute atomic E-state index is 0.208. The summed E-state index contributed by atoms with van der Waals surface area (Å²) in [4.78, 5) is 12.1. The van der Waals surface area contributed by atoms with Crippen molar-refractivity contribution in [3.05, 3.63) is 18.2 Å². The Morgan fingerprint density at radius 1 is 1.18 bits per heavy atom. The Bertz CT molecular complexity index is 706. The first kappa shape index (κ1) is 15.3. The zero-order valence-corrected chi connectivity index (χ0v) is 13.6. The summed E-state index contributed by atoms with van der Waals surface area (Å²) in [6, 6.07) is 4.60. The van der Waals surface area contributed by atoms with Gasteiger partial charge in [0.05, 0.1) is 10.6 Å². The molecule has 0 atom stereocenters. The number of nitrogens with one attached hydrogen (secondary N) is 1. The van der Waals surface area contributed by atoms with Crippen molar-refractivity contribution in [2.75, 3.05) is 18.4 Å². The predicted octanol–water partition coefficient (Wildman–Crippen LogP) is 1.97. The van der Waals surface area contributed by atoms with E-state index in [1.165, 1.54) is 16.4 Å². The molecule has 1 N–H and O–H groups in total. The Morgan fingerprint density at radius 2 is 1.86 bits per heavy atom. The predicted molar refractivity (Wildman–Crippen MR) is 82.4 cm³/mol. The normalized spacial score (nSPS) is 21.6. The second-order valence-electron chi connectivity index (χ2n) is 6.19. The maximum atomic E-state index is 12.7. The average molecular weight is 324 g/mol. The van der Waals surface area contributed by atoms with Crippen LogP contribution in [0.2, 0.25) is 0 Å². The molecule has 2 aliphatic rings. The molecule has 2 heterocycles. The number of amides is 1. The fourth-order valence-electron chi connectivity index (χ4n) is 2.70. The first-order valence-electron chi connectivity index (χ1n) is 7.45. The molecule has 3 rings (SSSR count). The number of nitrogens with zero attached hydrogens (tertiary/aromatic N) is 1. The Labute approximate surface area is 130 Å². The van der Waals surface area contributed by atoms with E-state index < -0.39 is 15.6 Å². The van der Waals surface area contributed by atoms with Crippen LogP contribution < -0.4 is 10.1 Å². The Balaban J connectivity index is 1.95. The van der Waals surface area contributed by atoms with Crippen molar-refractivity contribution in [3.8, 4) is 5.75 Å². The van der Waals surface area contributed by atoms with E-state index in [0.717, 1.165) is 19.3 Å². The summed E-state index contributed by atoms with van der Waals surface area (Å²) < 4.78 is 32.5. The highest BCUT2D eigenvalue weighted by Gasteiger charge is 2.36. The fraction of sp³-hybridized carbons (Fsp3) is 0.533. The molecular weight excluding hydrogens is 304 g/mol. The van der Waals surface area contributed by atoms with Gasteiger partial charge in [-0.15, -0.1) is 0 Å². The molecule has 2 aliphatic heterocycles. The molecule has 0 spiro atoms. The SMILES string of the molecule is CC1(C)Oc2cc(S(=O)(=O)N3CCCCC3)ccc2NC1=O. The lowest BCUT2D eigenvalue weighted by Crippen LogP contribution is -2.45. The largest absolute Gasteiger partial charge is 0.476 e. The molecule has 0 radical (unpaired) electrons. The van der Waals surface area contributed by atoms with Crippen molar-refractivity contribution in [1.82, 2.24) is 4.31 Å². The van der Waals surface area contributed by atoms with E-state index >= 15 is 0 Å². The molecule has 1 fully saturated rings. The lowest BCUT2D eigenvalue weighted by atomic mass is 10.1. The van der Waals surface area contributed by atoms with Gasteiger partial charge in [-0.1, -0.05) is 6.42 Å². The number of sulfonamides is 1. The zero-order chi connectivity index (χ0) is 16.0. The van der Waals surface area contributed by atoms with E-state index in [1.807, 2.05) is 0 Å². The molecule has 0 aromatic heterocycles. The first-order valence-corrected chi connectivity index (χ1v) is 8.89. The number of fused-ring (bicyclic) bond motifs is 1. The van der Waals surface area contributed by atoms with Gasteiger partial charge in [0.15, 0.2) is 5.60 Å². The third kappa shape index (κ3) is 2.59. The number of ether oxygens (including phenoxy) is 1. The average Bonchev–Trinajstić information content (AvgIpc) is 2.48. The van der Waals surface area contributed by atoms with Crippen LogP contribution >= 0.6 is 0 Å². The van der Waals surface area contributed by atoms with Gasteiger partial charge in [-0.05, 0) is 38.8 Å². The van der Waals surface area contributed by atoms with Gasteiger partial charge in [0.25, 0.3) is 5.91 Å². The smallest absolute Gasteiger partial charge is 0.268 e. The van der Waals surface area contributed by atoms with Crippen molar-refractivity contribution in [1.29, 1.82) is 0 Å². The minimum atomic E-state index is -3.51. The van der Waals surface area contributed by atoms with Gasteiger partial charge in [-0.3, -0.25) is 4.79 Å². The molecule has 0 bridgehead atoms. The molecule has 120 valence electrons. The van der Waals surface area contributed by atoms with Crippen LogP contribution in [0.1, 0.15) is 33.1 Å². The number of carbonyl (C=O) groups excluding carboxylic acids is 1. The van der Waals surface area contributed by atoms with Gasteiger partial charge in [0.1, 0.15) is 5.75 Å². The van der Waals surface area contributed by atoms with Crippen LogP contribution in [0.25, 0.3) is 0 Å². The van der Waals surface area contributed by atoms with Crippen LogP contribution in [0.15, 0.2) is 23.1 Å². The summed E-state index contributed by atoms with van der Waals surface area (Å²) in [5.41, 5.74) is -0.512. The molecule has 1 aromatic rings. The van der Waals surface area contributed by atoms with Crippen LogP contribution in [-0.2, 0) is 14.8 Å². The van der Waals surface area contributed by atoms with E-state index in [4.69, 9.17) is 4.74 Å². The highest BCUT2D eigenvalue weighted by Crippen LogP contribution is 2.36. The van der Waals surface area contributed by atoms with E-state index in [9.17, 15) is 13.2 Å². The number of piperidine rings is 1. The van der Waals surface area contributed by atoms with Crippen LogP contribution in [-0.4, -0.2) is 37.3 Å². The van der Waals surface area contributed by atoms with Crippen molar-refractivity contribution < 1.29 is 17.9 Å². The van der Waals surface area contributed by atoms with Gasteiger partial charge < -0.3 is 10.1 Å². The van der Waals surface area contributed by atoms with Crippen molar-refractivity contribution in [3.63, 3.8) is 0 Å². The molecular formula is C15H20N2O4S. The fourth-order valence-corrected chi connectivity index (χ4v) is 4.23. The van der Waals surface area contributed by atoms with Crippen LogP contribution in [0.3, 0.4) is 0 Å². The molecule has 7 heteroatoms. The Kier molecular flexibility index (Phi) is 3.65. The summed E-state index contributed by atoms with van der Waals surface area (Å²) in [6.45, 7) is 4.42. The molecule has 0 aliphatic carbocycles. The molecule has 1 amide bonds. The van der Waals surface area contributed by atoms with Gasteiger partial charge in [-0.2, -0.15) is 4.31 Å². The maximum Gasteiger partial charge on any atom is 0.268 e. The number of hydrogen-bond acceptors (Lipinski definition) is 4. The van der Waals surface area contributed by atoms with E-state index in [0.29, 0.717) is 24.5 Å². The van der Waals surface area contributed by atoms with Crippen LogP contribution in [0.4, 0.5) is 5.69 Å². The molecule has 0 unspecified atom stereocenters. The zero-order valence-electron chi connectivity index (χ0n) is 12.8. The third-order valence-electron chi connectivity index (χ3n) is 4.07. The summed E-state index contributed by atoms with van der Waals surface area (Å²) in [6.07, 6.45) is 2.85. The molecule has 1 aromatic carbocycles. The van der Waals surface area contributed by atoms with Crippen molar-refractivity contribution in [2.45, 2.75) is 43.6 Å².